The lowest BCUT2D eigenvalue weighted by molar-refractivity contribution is -0.144. The van der Waals surface area contributed by atoms with Crippen molar-refractivity contribution in [2.75, 3.05) is 26.0 Å². The van der Waals surface area contributed by atoms with Gasteiger partial charge in [0, 0.05) is 18.9 Å². The summed E-state index contributed by atoms with van der Waals surface area (Å²) >= 11 is 0. The number of benzene rings is 1. The minimum atomic E-state index is -3.77. The Morgan fingerprint density at radius 3 is 2.32 bits per heavy atom. The average molecular weight is 456 g/mol. The van der Waals surface area contributed by atoms with E-state index in [-0.39, 0.29) is 25.3 Å². The highest BCUT2D eigenvalue weighted by Gasteiger charge is 2.31. The molecule has 31 heavy (non-hydrogen) atoms. The van der Waals surface area contributed by atoms with Gasteiger partial charge in [-0.2, -0.15) is 0 Å². The Morgan fingerprint density at radius 2 is 1.77 bits per heavy atom. The molecule has 3 atom stereocenters. The fourth-order valence-electron chi connectivity index (χ4n) is 2.79. The first-order valence-electron chi connectivity index (χ1n) is 10.0. The monoisotopic (exact) mass is 456 g/mol. The van der Waals surface area contributed by atoms with E-state index in [1.807, 2.05) is 30.3 Å². The van der Waals surface area contributed by atoms with Crippen LogP contribution in [0.4, 0.5) is 4.79 Å². The molecule has 10 heteroatoms. The third-order valence-electron chi connectivity index (χ3n) is 4.24. The third kappa shape index (κ3) is 11.0. The van der Waals surface area contributed by atoms with Crippen molar-refractivity contribution in [3.05, 3.63) is 35.9 Å². The van der Waals surface area contributed by atoms with Crippen LogP contribution in [0.2, 0.25) is 0 Å². The summed E-state index contributed by atoms with van der Waals surface area (Å²) in [6.07, 6.45) is -0.961. The minimum absolute atomic E-state index is 0.0685. The molecule has 3 unspecified atom stereocenters. The summed E-state index contributed by atoms with van der Waals surface area (Å²) in [5.41, 5.74) is 0.141. The van der Waals surface area contributed by atoms with Crippen molar-refractivity contribution >= 4 is 25.3 Å². The molecule has 0 radical (unpaired) electrons. The van der Waals surface area contributed by atoms with Crippen molar-refractivity contribution < 1.29 is 33.3 Å². The Balaban J connectivity index is 2.80. The lowest BCUT2D eigenvalue weighted by atomic mass is 10.00. The standard InChI is InChI=1S/C21H33N2O7P/c1-15(19(25)29-5)23-18(24)17(13-16-9-7-6-8-10-16)14-31(27,28)12-11-22-20(26)30-21(2,3)4/h6-10,15,17H,11-14H2,1-5H3,(H,22,26)(H,23,24)(H,27,28). The van der Waals surface area contributed by atoms with E-state index in [0.29, 0.717) is 0 Å². The summed E-state index contributed by atoms with van der Waals surface area (Å²) < 4.78 is 22.5. The van der Waals surface area contributed by atoms with Crippen LogP contribution >= 0.6 is 7.37 Å². The molecule has 0 aliphatic heterocycles. The molecule has 0 aromatic heterocycles. The maximum Gasteiger partial charge on any atom is 0.407 e. The third-order valence-corrected chi connectivity index (χ3v) is 6.18. The number of rotatable bonds is 10. The quantitative estimate of drug-likeness (QED) is 0.364. The van der Waals surface area contributed by atoms with Gasteiger partial charge in [0.05, 0.1) is 13.0 Å². The van der Waals surface area contributed by atoms with Gasteiger partial charge in [0.1, 0.15) is 11.6 Å². The molecule has 0 saturated carbocycles. The van der Waals surface area contributed by atoms with Crippen molar-refractivity contribution in [2.24, 2.45) is 5.92 Å². The lowest BCUT2D eigenvalue weighted by Gasteiger charge is -2.23. The largest absolute Gasteiger partial charge is 0.467 e. The van der Waals surface area contributed by atoms with E-state index >= 15 is 0 Å². The second kappa shape index (κ2) is 11.9. The highest BCUT2D eigenvalue weighted by atomic mass is 31.2. The Hall–Kier alpha value is -2.38. The first-order chi connectivity index (χ1) is 14.3. The fourth-order valence-corrected chi connectivity index (χ4v) is 4.42. The highest BCUT2D eigenvalue weighted by Crippen LogP contribution is 2.42. The summed E-state index contributed by atoms with van der Waals surface area (Å²) in [7, 11) is -2.55. The maximum absolute atomic E-state index is 12.8. The molecule has 1 rings (SSSR count). The molecule has 1 aromatic carbocycles. The van der Waals surface area contributed by atoms with E-state index < -0.39 is 42.9 Å². The molecule has 0 aliphatic rings. The van der Waals surface area contributed by atoms with Crippen LogP contribution in [0.3, 0.4) is 0 Å². The van der Waals surface area contributed by atoms with Gasteiger partial charge in [-0.1, -0.05) is 30.3 Å². The second-order valence-electron chi connectivity index (χ2n) is 8.32. The van der Waals surface area contributed by atoms with Gasteiger partial charge in [-0.25, -0.2) is 9.59 Å². The summed E-state index contributed by atoms with van der Waals surface area (Å²) in [4.78, 5) is 46.5. The normalized spacial score (nSPS) is 15.2. The summed E-state index contributed by atoms with van der Waals surface area (Å²) in [6.45, 7) is 6.55. The van der Waals surface area contributed by atoms with Gasteiger partial charge < -0.3 is 25.0 Å². The minimum Gasteiger partial charge on any atom is -0.467 e. The zero-order valence-corrected chi connectivity index (χ0v) is 19.6. The van der Waals surface area contributed by atoms with Crippen molar-refractivity contribution in [1.29, 1.82) is 0 Å². The number of nitrogens with one attached hydrogen (secondary N) is 2. The zero-order valence-electron chi connectivity index (χ0n) is 18.7. The second-order valence-corrected chi connectivity index (χ2v) is 10.8. The highest BCUT2D eigenvalue weighted by molar-refractivity contribution is 7.58. The molecule has 0 spiro atoms. The zero-order chi connectivity index (χ0) is 23.7. The summed E-state index contributed by atoms with van der Waals surface area (Å²) in [5.74, 6) is -1.97. The number of esters is 1. The van der Waals surface area contributed by atoms with Crippen LogP contribution in [-0.4, -0.2) is 60.5 Å². The molecule has 0 aliphatic carbocycles. The molecule has 0 saturated heterocycles. The van der Waals surface area contributed by atoms with E-state index in [1.54, 1.807) is 20.8 Å². The molecule has 2 amide bonds. The smallest absolute Gasteiger partial charge is 0.407 e. The van der Waals surface area contributed by atoms with Gasteiger partial charge in [0.2, 0.25) is 13.3 Å². The van der Waals surface area contributed by atoms with E-state index in [2.05, 4.69) is 15.4 Å². The first kappa shape index (κ1) is 26.7. The molecular formula is C21H33N2O7P. The van der Waals surface area contributed by atoms with E-state index in [0.717, 1.165) is 5.56 Å². The average Bonchev–Trinajstić information content (AvgIpc) is 2.65. The number of hydrogen-bond acceptors (Lipinski definition) is 6. The Labute approximate surface area is 183 Å². The predicted molar refractivity (Wildman–Crippen MR) is 117 cm³/mol. The number of hydrogen-bond donors (Lipinski definition) is 3. The molecule has 174 valence electrons. The summed E-state index contributed by atoms with van der Waals surface area (Å²) in [5, 5.41) is 4.99. The van der Waals surface area contributed by atoms with E-state index in [9.17, 15) is 23.8 Å². The molecular weight excluding hydrogens is 423 g/mol. The Morgan fingerprint density at radius 1 is 1.16 bits per heavy atom. The van der Waals surface area contributed by atoms with Crippen LogP contribution < -0.4 is 10.6 Å². The van der Waals surface area contributed by atoms with Crippen LogP contribution in [0, 0.1) is 5.92 Å². The Bertz CT molecular complexity index is 793. The van der Waals surface area contributed by atoms with Gasteiger partial charge in [-0.3, -0.25) is 9.36 Å². The number of carbonyl (C=O) groups excluding carboxylic acids is 3. The van der Waals surface area contributed by atoms with Gasteiger partial charge >= 0.3 is 12.1 Å². The summed E-state index contributed by atoms with van der Waals surface area (Å²) in [6, 6.07) is 8.20. The number of amides is 2. The molecule has 1 aromatic rings. The molecule has 0 bridgehead atoms. The number of methoxy groups -OCH3 is 1. The Kier molecular flexibility index (Phi) is 10.2. The van der Waals surface area contributed by atoms with Gasteiger partial charge in [-0.05, 0) is 39.7 Å². The number of alkyl carbamates (subject to hydrolysis) is 1. The van der Waals surface area contributed by atoms with Gasteiger partial charge in [-0.15, -0.1) is 0 Å². The topological polar surface area (TPSA) is 131 Å². The van der Waals surface area contributed by atoms with Crippen LogP contribution in [0.15, 0.2) is 30.3 Å². The number of ether oxygens (including phenoxy) is 2. The van der Waals surface area contributed by atoms with E-state index in [4.69, 9.17) is 4.74 Å². The molecule has 0 heterocycles. The number of carbonyl (C=O) groups is 3. The van der Waals surface area contributed by atoms with Crippen LogP contribution in [0.5, 0.6) is 0 Å². The first-order valence-corrected chi connectivity index (χ1v) is 12.1. The SMILES string of the molecule is COC(=O)C(C)NC(=O)C(Cc1ccccc1)CP(=O)(O)CCNC(=O)OC(C)(C)C. The van der Waals surface area contributed by atoms with Crippen LogP contribution in [-0.2, 0) is 30.0 Å². The van der Waals surface area contributed by atoms with Crippen molar-refractivity contribution in [3.8, 4) is 0 Å². The van der Waals surface area contributed by atoms with Gasteiger partial charge in [0.15, 0.2) is 0 Å². The van der Waals surface area contributed by atoms with Crippen LogP contribution in [0.1, 0.15) is 33.3 Å². The molecule has 0 fully saturated rings. The van der Waals surface area contributed by atoms with Crippen molar-refractivity contribution in [1.82, 2.24) is 10.6 Å². The van der Waals surface area contributed by atoms with E-state index in [1.165, 1.54) is 14.0 Å². The van der Waals surface area contributed by atoms with Crippen molar-refractivity contribution in [3.63, 3.8) is 0 Å². The fraction of sp³-hybridized carbons (Fsp3) is 0.571. The lowest BCUT2D eigenvalue weighted by Crippen LogP contribution is -2.43. The molecule has 9 nitrogen and oxygen atoms in total. The predicted octanol–water partition coefficient (Wildman–Crippen LogP) is 2.32. The molecule has 3 N–H and O–H groups in total. The van der Waals surface area contributed by atoms with Crippen molar-refractivity contribution in [2.45, 2.75) is 45.8 Å². The van der Waals surface area contributed by atoms with Crippen LogP contribution in [0.25, 0.3) is 0 Å². The van der Waals surface area contributed by atoms with Gasteiger partial charge in [0.25, 0.3) is 0 Å². The maximum atomic E-state index is 12.8.